The van der Waals surface area contributed by atoms with E-state index < -0.39 is 0 Å². The van der Waals surface area contributed by atoms with E-state index >= 15 is 0 Å². The molecule has 0 radical (unpaired) electrons. The first kappa shape index (κ1) is 18.1. The Kier molecular flexibility index (Phi) is 6.62. The van der Waals surface area contributed by atoms with Gasteiger partial charge in [-0.3, -0.25) is 14.6 Å². The molecule has 0 spiro atoms. The molecule has 0 bridgehead atoms. The first-order valence-electron chi connectivity index (χ1n) is 9.28. The van der Waals surface area contributed by atoms with Crippen LogP contribution >= 0.6 is 0 Å². The summed E-state index contributed by atoms with van der Waals surface area (Å²) in [5.74, 6) is 0.251. The quantitative estimate of drug-likeness (QED) is 0.813. The Bertz CT molecular complexity index is 562. The number of amides is 1. The summed E-state index contributed by atoms with van der Waals surface area (Å²) in [4.78, 5) is 19.3. The molecule has 2 aliphatic rings. The van der Waals surface area contributed by atoms with Gasteiger partial charge in [-0.1, -0.05) is 42.5 Å². The zero-order valence-electron chi connectivity index (χ0n) is 15.1. The molecule has 2 saturated heterocycles. The van der Waals surface area contributed by atoms with Gasteiger partial charge in [0.05, 0.1) is 19.3 Å². The van der Waals surface area contributed by atoms with Crippen molar-refractivity contribution in [3.8, 4) is 0 Å². The molecule has 25 heavy (non-hydrogen) atoms. The van der Waals surface area contributed by atoms with E-state index in [1.165, 1.54) is 5.56 Å². The number of carbonyl (C=O) groups excluding carboxylic acids is 1. The molecule has 0 aliphatic carbocycles. The Hall–Kier alpha value is -1.69. The summed E-state index contributed by atoms with van der Waals surface area (Å²) in [5, 5.41) is 0. The van der Waals surface area contributed by atoms with Gasteiger partial charge in [-0.25, -0.2) is 0 Å². The fourth-order valence-electron chi connectivity index (χ4n) is 3.44. The number of rotatable bonds is 5. The average Bonchev–Trinajstić information content (AvgIpc) is 2.69. The van der Waals surface area contributed by atoms with Crippen molar-refractivity contribution in [1.82, 2.24) is 14.7 Å². The monoisotopic (exact) mass is 343 g/mol. The zero-order chi connectivity index (χ0) is 17.5. The van der Waals surface area contributed by atoms with E-state index in [9.17, 15) is 4.79 Å². The summed E-state index contributed by atoms with van der Waals surface area (Å²) in [7, 11) is 0. The SMILES string of the molecule is C[C@@H](C(=O)N1CCOCC1)N1CCN(C/C=C\c2ccccc2)CC1. The van der Waals surface area contributed by atoms with Crippen LogP contribution in [0.25, 0.3) is 6.08 Å². The molecule has 5 nitrogen and oxygen atoms in total. The molecule has 0 aromatic heterocycles. The summed E-state index contributed by atoms with van der Waals surface area (Å²) < 4.78 is 5.34. The average molecular weight is 343 g/mol. The normalized spacial score (nSPS) is 21.6. The summed E-state index contributed by atoms with van der Waals surface area (Å²) >= 11 is 0. The minimum atomic E-state index is -0.0277. The third-order valence-corrected chi connectivity index (χ3v) is 5.11. The van der Waals surface area contributed by atoms with E-state index in [0.717, 1.165) is 45.8 Å². The summed E-state index contributed by atoms with van der Waals surface area (Å²) in [5.41, 5.74) is 1.24. The van der Waals surface area contributed by atoms with Crippen LogP contribution in [0.4, 0.5) is 0 Å². The van der Waals surface area contributed by atoms with Gasteiger partial charge >= 0.3 is 0 Å². The maximum Gasteiger partial charge on any atom is 0.239 e. The van der Waals surface area contributed by atoms with Crippen molar-refractivity contribution >= 4 is 12.0 Å². The van der Waals surface area contributed by atoms with Crippen molar-refractivity contribution in [1.29, 1.82) is 0 Å². The van der Waals surface area contributed by atoms with Crippen molar-refractivity contribution in [2.24, 2.45) is 0 Å². The third-order valence-electron chi connectivity index (χ3n) is 5.11. The van der Waals surface area contributed by atoms with Crippen LogP contribution in [0.5, 0.6) is 0 Å². The standard InChI is InChI=1S/C20H29N3O2/c1-18(20(24)23-14-16-25-17-15-23)22-12-10-21(11-13-22)9-5-8-19-6-3-2-4-7-19/h2-8,18H,9-17H2,1H3/b8-5-/t18-/m0/s1. The molecule has 2 aliphatic heterocycles. The fourth-order valence-corrected chi connectivity index (χ4v) is 3.44. The molecule has 2 heterocycles. The van der Waals surface area contributed by atoms with Gasteiger partial charge in [0, 0.05) is 45.8 Å². The first-order chi connectivity index (χ1) is 12.2. The van der Waals surface area contributed by atoms with Crippen LogP contribution in [-0.2, 0) is 9.53 Å². The van der Waals surface area contributed by atoms with Crippen molar-refractivity contribution in [3.63, 3.8) is 0 Å². The minimum absolute atomic E-state index is 0.0277. The molecule has 3 rings (SSSR count). The van der Waals surface area contributed by atoms with Crippen LogP contribution in [0.2, 0.25) is 0 Å². The van der Waals surface area contributed by atoms with E-state index in [-0.39, 0.29) is 11.9 Å². The van der Waals surface area contributed by atoms with Gasteiger partial charge in [0.25, 0.3) is 0 Å². The molecule has 0 unspecified atom stereocenters. The van der Waals surface area contributed by atoms with Crippen LogP contribution in [0.15, 0.2) is 36.4 Å². The van der Waals surface area contributed by atoms with Crippen LogP contribution in [0.3, 0.4) is 0 Å². The predicted octanol–water partition coefficient (Wildman–Crippen LogP) is 1.56. The lowest BCUT2D eigenvalue weighted by atomic mass is 10.2. The summed E-state index contributed by atoms with van der Waals surface area (Å²) in [6.45, 7) is 9.74. The Morgan fingerprint density at radius 1 is 1.08 bits per heavy atom. The molecule has 2 fully saturated rings. The van der Waals surface area contributed by atoms with Crippen molar-refractivity contribution in [3.05, 3.63) is 42.0 Å². The van der Waals surface area contributed by atoms with Crippen molar-refractivity contribution in [2.75, 3.05) is 59.0 Å². The smallest absolute Gasteiger partial charge is 0.239 e. The lowest BCUT2D eigenvalue weighted by Gasteiger charge is -2.39. The number of morpholine rings is 1. The van der Waals surface area contributed by atoms with Gasteiger partial charge in [-0.2, -0.15) is 0 Å². The third kappa shape index (κ3) is 5.14. The predicted molar refractivity (Wildman–Crippen MR) is 100 cm³/mol. The number of carbonyl (C=O) groups is 1. The van der Waals surface area contributed by atoms with E-state index in [1.54, 1.807) is 0 Å². The van der Waals surface area contributed by atoms with E-state index in [1.807, 2.05) is 17.9 Å². The highest BCUT2D eigenvalue weighted by molar-refractivity contribution is 5.81. The lowest BCUT2D eigenvalue weighted by Crippen LogP contribution is -2.55. The lowest BCUT2D eigenvalue weighted by molar-refractivity contribution is -0.141. The van der Waals surface area contributed by atoms with E-state index in [4.69, 9.17) is 4.74 Å². The number of benzene rings is 1. The van der Waals surface area contributed by atoms with Crippen LogP contribution < -0.4 is 0 Å². The molecule has 1 amide bonds. The molecule has 136 valence electrons. The summed E-state index contributed by atoms with van der Waals surface area (Å²) in [6, 6.07) is 10.4. The molecule has 1 atom stereocenters. The number of hydrogen-bond acceptors (Lipinski definition) is 4. The van der Waals surface area contributed by atoms with Crippen LogP contribution in [0, 0.1) is 0 Å². The number of piperazine rings is 1. The second-order valence-electron chi connectivity index (χ2n) is 6.76. The largest absolute Gasteiger partial charge is 0.378 e. The molecule has 1 aromatic rings. The van der Waals surface area contributed by atoms with Gasteiger partial charge in [0.2, 0.25) is 5.91 Å². The minimum Gasteiger partial charge on any atom is -0.378 e. The van der Waals surface area contributed by atoms with Gasteiger partial charge in [-0.05, 0) is 12.5 Å². The molecule has 5 heteroatoms. The Morgan fingerprint density at radius 2 is 1.76 bits per heavy atom. The van der Waals surface area contributed by atoms with Crippen molar-refractivity contribution < 1.29 is 9.53 Å². The van der Waals surface area contributed by atoms with Gasteiger partial charge in [-0.15, -0.1) is 0 Å². The number of ether oxygens (including phenoxy) is 1. The second-order valence-corrected chi connectivity index (χ2v) is 6.76. The molecular formula is C20H29N3O2. The molecule has 0 saturated carbocycles. The number of nitrogens with zero attached hydrogens (tertiary/aromatic N) is 3. The van der Waals surface area contributed by atoms with Gasteiger partial charge in [0.1, 0.15) is 0 Å². The van der Waals surface area contributed by atoms with Crippen LogP contribution in [-0.4, -0.2) is 85.7 Å². The molecule has 0 N–H and O–H groups in total. The first-order valence-corrected chi connectivity index (χ1v) is 9.28. The maximum absolute atomic E-state index is 12.6. The Morgan fingerprint density at radius 3 is 2.44 bits per heavy atom. The molecule has 1 aromatic carbocycles. The Balaban J connectivity index is 1.42. The van der Waals surface area contributed by atoms with Gasteiger partial charge < -0.3 is 9.64 Å². The highest BCUT2D eigenvalue weighted by Crippen LogP contribution is 2.11. The highest BCUT2D eigenvalue weighted by Gasteiger charge is 2.29. The van der Waals surface area contributed by atoms with Gasteiger partial charge in [0.15, 0.2) is 0 Å². The molecular weight excluding hydrogens is 314 g/mol. The van der Waals surface area contributed by atoms with Crippen molar-refractivity contribution in [2.45, 2.75) is 13.0 Å². The fraction of sp³-hybridized carbons (Fsp3) is 0.550. The summed E-state index contributed by atoms with van der Waals surface area (Å²) in [6.07, 6.45) is 4.41. The van der Waals surface area contributed by atoms with E-state index in [2.05, 4.69) is 46.2 Å². The highest BCUT2D eigenvalue weighted by atomic mass is 16.5. The zero-order valence-corrected chi connectivity index (χ0v) is 15.1. The second kappa shape index (κ2) is 9.13. The van der Waals surface area contributed by atoms with Crippen LogP contribution in [0.1, 0.15) is 12.5 Å². The Labute approximate surface area is 150 Å². The topological polar surface area (TPSA) is 36.0 Å². The number of hydrogen-bond donors (Lipinski definition) is 0. The van der Waals surface area contributed by atoms with E-state index in [0.29, 0.717) is 13.2 Å². The maximum atomic E-state index is 12.6.